The number of rotatable bonds is 2. The van der Waals surface area contributed by atoms with Crippen LogP contribution in [0.4, 0.5) is 18.9 Å². The van der Waals surface area contributed by atoms with E-state index in [0.29, 0.717) is 27.6 Å². The average molecular weight is 412 g/mol. The molecule has 0 saturated heterocycles. The van der Waals surface area contributed by atoms with Crippen LogP contribution in [0.5, 0.6) is 0 Å². The molecule has 1 aromatic carbocycles. The molecule has 0 atom stereocenters. The smallest absolute Gasteiger partial charge is 0.385 e. The van der Waals surface area contributed by atoms with E-state index in [2.05, 4.69) is 42.2 Å². The lowest BCUT2D eigenvalue weighted by Gasteiger charge is -2.17. The van der Waals surface area contributed by atoms with Crippen molar-refractivity contribution in [2.24, 2.45) is 0 Å². The number of anilines is 1. The molecule has 1 N–H and O–H groups in total. The largest absolute Gasteiger partial charge is 0.433 e. The summed E-state index contributed by atoms with van der Waals surface area (Å²) in [4.78, 5) is 3.80. The maximum absolute atomic E-state index is 13.1. The highest BCUT2D eigenvalue weighted by molar-refractivity contribution is 9.11. The van der Waals surface area contributed by atoms with E-state index in [-0.39, 0.29) is 5.56 Å². The van der Waals surface area contributed by atoms with Crippen molar-refractivity contribution in [1.82, 2.24) is 4.98 Å². The summed E-state index contributed by atoms with van der Waals surface area (Å²) in [7, 11) is 0. The second-order valence-corrected chi connectivity index (χ2v) is 6.04. The second-order valence-electron chi connectivity index (χ2n) is 4.27. The maximum Gasteiger partial charge on any atom is 0.433 e. The number of pyridine rings is 1. The van der Waals surface area contributed by atoms with Crippen molar-refractivity contribution in [3.8, 4) is 0 Å². The number of alkyl halides is 3. The van der Waals surface area contributed by atoms with E-state index in [9.17, 15) is 13.2 Å². The van der Waals surface area contributed by atoms with E-state index in [1.807, 2.05) is 6.92 Å². The molecule has 1 aromatic heterocycles. The Hall–Kier alpha value is -0.820. The van der Waals surface area contributed by atoms with E-state index in [1.165, 1.54) is 6.92 Å². The second kappa shape index (κ2) is 5.52. The molecule has 0 aliphatic heterocycles. The highest BCUT2D eigenvalue weighted by Crippen LogP contribution is 2.39. The number of nitrogens with zero attached hydrogens (tertiary/aromatic N) is 1. The number of hydrogen-bond donors (Lipinski definition) is 1. The van der Waals surface area contributed by atoms with E-state index in [1.54, 1.807) is 12.1 Å². The summed E-state index contributed by atoms with van der Waals surface area (Å²) in [5, 5.41) is 3.66. The number of aromatic nitrogens is 1. The minimum atomic E-state index is -4.48. The predicted molar refractivity (Wildman–Crippen MR) is 81.0 cm³/mol. The predicted octanol–water partition coefficient (Wildman–Crippen LogP) is 5.52. The summed E-state index contributed by atoms with van der Waals surface area (Å²) in [6.07, 6.45) is -4.48. The first kappa shape index (κ1) is 15.6. The summed E-state index contributed by atoms with van der Waals surface area (Å²) < 4.78 is 40.6. The molecule has 0 aliphatic rings. The van der Waals surface area contributed by atoms with Crippen LogP contribution < -0.4 is 5.32 Å². The Balaban J connectivity index is 2.91. The van der Waals surface area contributed by atoms with E-state index in [0.717, 1.165) is 4.47 Å². The van der Waals surface area contributed by atoms with Crippen molar-refractivity contribution in [1.29, 1.82) is 0 Å². The fourth-order valence-electron chi connectivity index (χ4n) is 2.07. The van der Waals surface area contributed by atoms with Gasteiger partial charge in [-0.25, -0.2) is 4.98 Å². The van der Waals surface area contributed by atoms with E-state index in [4.69, 9.17) is 0 Å². The number of fused-ring (bicyclic) bond motifs is 1. The molecule has 2 aromatic rings. The third-order valence-electron chi connectivity index (χ3n) is 2.87. The average Bonchev–Trinajstić information content (AvgIpc) is 2.31. The Morgan fingerprint density at radius 1 is 1.25 bits per heavy atom. The van der Waals surface area contributed by atoms with E-state index < -0.39 is 11.9 Å². The first-order valence-corrected chi connectivity index (χ1v) is 7.44. The number of hydrogen-bond acceptors (Lipinski definition) is 2. The van der Waals surface area contributed by atoms with Crippen LogP contribution >= 0.6 is 31.9 Å². The zero-order valence-electron chi connectivity index (χ0n) is 10.7. The number of benzene rings is 1. The van der Waals surface area contributed by atoms with E-state index >= 15 is 0 Å². The maximum atomic E-state index is 13.1. The van der Waals surface area contributed by atoms with Gasteiger partial charge in [-0.2, -0.15) is 13.2 Å². The van der Waals surface area contributed by atoms with Gasteiger partial charge in [-0.15, -0.1) is 0 Å². The van der Waals surface area contributed by atoms with Gasteiger partial charge in [0.25, 0.3) is 0 Å². The van der Waals surface area contributed by atoms with Crippen LogP contribution in [-0.2, 0) is 6.18 Å². The van der Waals surface area contributed by atoms with Gasteiger partial charge in [0.1, 0.15) is 5.69 Å². The number of halogens is 5. The molecule has 1 heterocycles. The van der Waals surface area contributed by atoms with Gasteiger partial charge in [0, 0.05) is 32.1 Å². The lowest BCUT2D eigenvalue weighted by molar-refractivity contribution is -0.141. The van der Waals surface area contributed by atoms with Gasteiger partial charge in [-0.3, -0.25) is 0 Å². The summed E-state index contributed by atoms with van der Waals surface area (Å²) in [5.41, 5.74) is 0.00900. The van der Waals surface area contributed by atoms with Gasteiger partial charge in [0.05, 0.1) is 5.52 Å². The Bertz CT molecular complexity index is 669. The standard InChI is InChI=1S/C13H11Br2F3N2/c1-3-19-10-6(2)12(13(16,17)18)20-11-8(10)4-7(14)5-9(11)15/h4-5H,3H2,1-2H3,(H,19,20). The molecule has 0 saturated carbocycles. The SMILES string of the molecule is CCNc1c(C)c(C(F)(F)F)nc2c(Br)cc(Br)cc12. The van der Waals surface area contributed by atoms with Gasteiger partial charge < -0.3 is 5.32 Å². The first-order valence-electron chi connectivity index (χ1n) is 5.86. The van der Waals surface area contributed by atoms with Gasteiger partial charge >= 0.3 is 6.18 Å². The molecule has 0 bridgehead atoms. The third kappa shape index (κ3) is 2.79. The quantitative estimate of drug-likeness (QED) is 0.703. The van der Waals surface area contributed by atoms with Crippen LogP contribution in [0.15, 0.2) is 21.1 Å². The zero-order valence-corrected chi connectivity index (χ0v) is 13.9. The van der Waals surface area contributed by atoms with Gasteiger partial charge in [-0.1, -0.05) is 15.9 Å². The summed E-state index contributed by atoms with van der Waals surface area (Å²) in [6, 6.07) is 3.44. The lowest BCUT2D eigenvalue weighted by atomic mass is 10.1. The lowest BCUT2D eigenvalue weighted by Crippen LogP contribution is -2.13. The van der Waals surface area contributed by atoms with Crippen molar-refractivity contribution in [2.45, 2.75) is 20.0 Å². The third-order valence-corrected chi connectivity index (χ3v) is 3.94. The fraction of sp³-hybridized carbons (Fsp3) is 0.308. The molecule has 0 radical (unpaired) electrons. The molecule has 0 aliphatic carbocycles. The number of nitrogens with one attached hydrogen (secondary N) is 1. The molecular formula is C13H11Br2F3N2. The molecule has 2 nitrogen and oxygen atoms in total. The highest BCUT2D eigenvalue weighted by Gasteiger charge is 2.36. The minimum Gasteiger partial charge on any atom is -0.385 e. The normalized spacial score (nSPS) is 11.9. The first-order chi connectivity index (χ1) is 9.25. The molecule has 0 fully saturated rings. The van der Waals surface area contributed by atoms with Crippen molar-refractivity contribution < 1.29 is 13.2 Å². The van der Waals surface area contributed by atoms with Crippen LogP contribution in [0.3, 0.4) is 0 Å². The van der Waals surface area contributed by atoms with Crippen LogP contribution in [0.1, 0.15) is 18.2 Å². The highest BCUT2D eigenvalue weighted by atomic mass is 79.9. The summed E-state index contributed by atoms with van der Waals surface area (Å²) in [5.74, 6) is 0. The topological polar surface area (TPSA) is 24.9 Å². The minimum absolute atomic E-state index is 0.108. The Morgan fingerprint density at radius 2 is 1.90 bits per heavy atom. The molecular weight excluding hydrogens is 401 g/mol. The van der Waals surface area contributed by atoms with Crippen LogP contribution in [0.2, 0.25) is 0 Å². The van der Waals surface area contributed by atoms with Crippen molar-refractivity contribution in [3.63, 3.8) is 0 Å². The van der Waals surface area contributed by atoms with Crippen molar-refractivity contribution in [2.75, 3.05) is 11.9 Å². The molecule has 0 spiro atoms. The Morgan fingerprint density at radius 3 is 2.45 bits per heavy atom. The van der Waals surface area contributed by atoms with Crippen LogP contribution in [0, 0.1) is 6.92 Å². The summed E-state index contributed by atoms with van der Waals surface area (Å²) in [6.45, 7) is 3.80. The molecule has 7 heteroatoms. The molecule has 0 unspecified atom stereocenters. The van der Waals surface area contributed by atoms with Gasteiger partial charge in [0.15, 0.2) is 0 Å². The zero-order chi connectivity index (χ0) is 15.1. The van der Waals surface area contributed by atoms with Gasteiger partial charge in [-0.05, 0) is 41.9 Å². The fourth-order valence-corrected chi connectivity index (χ4v) is 3.38. The molecule has 2 rings (SSSR count). The Labute approximate surface area is 131 Å². The molecule has 0 amide bonds. The van der Waals surface area contributed by atoms with Crippen LogP contribution in [0.25, 0.3) is 10.9 Å². The van der Waals surface area contributed by atoms with Crippen molar-refractivity contribution >= 4 is 48.5 Å². The van der Waals surface area contributed by atoms with Crippen molar-refractivity contribution in [3.05, 3.63) is 32.3 Å². The molecule has 20 heavy (non-hydrogen) atoms. The Kier molecular flexibility index (Phi) is 4.30. The van der Waals surface area contributed by atoms with Gasteiger partial charge in [0.2, 0.25) is 0 Å². The van der Waals surface area contributed by atoms with Crippen LogP contribution in [-0.4, -0.2) is 11.5 Å². The molecule has 108 valence electrons. The summed E-state index contributed by atoms with van der Waals surface area (Å²) >= 11 is 6.61. The monoisotopic (exact) mass is 410 g/mol.